The maximum atomic E-state index is 16.1. The van der Waals surface area contributed by atoms with Crippen LogP contribution in [0.25, 0.3) is 54.4 Å². The monoisotopic (exact) mass is 1090 g/mol. The van der Waals surface area contributed by atoms with Crippen molar-refractivity contribution < 1.29 is 38.4 Å². The lowest BCUT2D eigenvalue weighted by molar-refractivity contribution is -0.142. The van der Waals surface area contributed by atoms with E-state index in [4.69, 9.17) is 24.2 Å². The Hall–Kier alpha value is -7.61. The van der Waals surface area contributed by atoms with Gasteiger partial charge in [-0.3, -0.25) is 14.7 Å². The molecular formula is C58H61FN12O7S. The zero-order valence-electron chi connectivity index (χ0n) is 44.4. The molecule has 21 heteroatoms. The van der Waals surface area contributed by atoms with Crippen LogP contribution in [0.4, 0.5) is 10.2 Å². The Balaban J connectivity index is 0.826. The predicted octanol–water partition coefficient (Wildman–Crippen LogP) is 6.60. The number of hydrogen-bond acceptors (Lipinski definition) is 16. The Morgan fingerprint density at radius 1 is 1.01 bits per heavy atom. The van der Waals surface area contributed by atoms with Gasteiger partial charge in [0.05, 0.1) is 52.5 Å². The van der Waals surface area contributed by atoms with E-state index in [9.17, 15) is 19.8 Å². The van der Waals surface area contributed by atoms with Crippen LogP contribution in [0.15, 0.2) is 72.5 Å². The van der Waals surface area contributed by atoms with Gasteiger partial charge in [-0.2, -0.15) is 15.1 Å². The van der Waals surface area contributed by atoms with Gasteiger partial charge in [-0.1, -0.05) is 55.2 Å². The minimum atomic E-state index is -1.01. The SMILES string of the molecule is CO[C@@H](C)COc1nc(N2C[C@@H]3C[C@H]2CN3)c2cc(C3CC3)c(-c3c(C)c(F)cc4[nH]ncc34)c(OCc3ccc(-c4cn([C@H](C(=O)N5C[C@H](O)C[C@H]5C(=O)N[C@H](C#Cc5ccc6ncsc6c5)CO)C(C)C)nn4)cc3)c2n1. The molecule has 4 aliphatic rings. The summed E-state index contributed by atoms with van der Waals surface area (Å²) in [6.07, 6.45) is 5.26. The summed E-state index contributed by atoms with van der Waals surface area (Å²) in [5, 5.41) is 45.3. The third-order valence-corrected chi connectivity index (χ3v) is 16.5. The lowest BCUT2D eigenvalue weighted by Gasteiger charge is -2.30. The summed E-state index contributed by atoms with van der Waals surface area (Å²) in [5.74, 6) is 5.87. The van der Waals surface area contributed by atoms with Gasteiger partial charge >= 0.3 is 6.01 Å². The number of nitrogens with zero attached hydrogens (tertiary/aromatic N) is 9. The number of amides is 2. The first kappa shape index (κ1) is 52.1. The van der Waals surface area contributed by atoms with Crippen LogP contribution in [-0.4, -0.2) is 143 Å². The van der Waals surface area contributed by atoms with Gasteiger partial charge in [0.15, 0.2) is 5.75 Å². The summed E-state index contributed by atoms with van der Waals surface area (Å²) < 4.78 is 37.5. The zero-order valence-corrected chi connectivity index (χ0v) is 45.3. The summed E-state index contributed by atoms with van der Waals surface area (Å²) in [5.41, 5.74) is 9.51. The number of thiazole rings is 1. The molecule has 2 amide bonds. The number of aromatic nitrogens is 8. The second-order valence-electron chi connectivity index (χ2n) is 21.6. The number of benzene rings is 4. The molecule has 3 saturated heterocycles. The summed E-state index contributed by atoms with van der Waals surface area (Å²) in [6.45, 7) is 8.96. The summed E-state index contributed by atoms with van der Waals surface area (Å²) in [6, 6.07) is 15.0. The Morgan fingerprint density at radius 2 is 1.85 bits per heavy atom. The summed E-state index contributed by atoms with van der Waals surface area (Å²) >= 11 is 1.49. The number of carbonyl (C=O) groups is 2. The lowest BCUT2D eigenvalue weighted by atomic mass is 9.88. The van der Waals surface area contributed by atoms with E-state index in [1.807, 2.05) is 63.2 Å². The molecule has 79 heavy (non-hydrogen) atoms. The van der Waals surface area contributed by atoms with E-state index < -0.39 is 42.7 Å². The van der Waals surface area contributed by atoms with Crippen LogP contribution in [0.1, 0.15) is 80.7 Å². The average Bonchev–Trinajstić information content (AvgIpc) is 4.27. The number of carbonyl (C=O) groups excluding carboxylic acids is 2. The molecule has 0 radical (unpaired) electrons. The average molecular weight is 1090 g/mol. The predicted molar refractivity (Wildman–Crippen MR) is 296 cm³/mol. The molecule has 1 aliphatic carbocycles. The lowest BCUT2D eigenvalue weighted by Crippen LogP contribution is -2.51. The van der Waals surface area contributed by atoms with Gasteiger partial charge in [-0.25, -0.2) is 14.1 Å². The van der Waals surface area contributed by atoms with Crippen molar-refractivity contribution >= 4 is 61.0 Å². The molecule has 12 rings (SSSR count). The van der Waals surface area contributed by atoms with Crippen LogP contribution in [0.2, 0.25) is 0 Å². The second kappa shape index (κ2) is 21.6. The van der Waals surface area contributed by atoms with E-state index in [0.29, 0.717) is 45.2 Å². The molecule has 5 N–H and O–H groups in total. The molecular weight excluding hydrogens is 1030 g/mol. The molecule has 8 aromatic rings. The van der Waals surface area contributed by atoms with Crippen LogP contribution in [0.3, 0.4) is 0 Å². The van der Waals surface area contributed by atoms with Crippen LogP contribution >= 0.6 is 11.3 Å². The molecule has 0 spiro atoms. The van der Waals surface area contributed by atoms with E-state index in [2.05, 4.69) is 58.9 Å². The van der Waals surface area contributed by atoms with Crippen molar-refractivity contribution in [3.63, 3.8) is 0 Å². The molecule has 4 aromatic heterocycles. The van der Waals surface area contributed by atoms with E-state index in [0.717, 1.165) is 81.4 Å². The number of piperazine rings is 1. The number of hydrogen-bond donors (Lipinski definition) is 5. The molecule has 19 nitrogen and oxygen atoms in total. The number of halogens is 1. The molecule has 3 aliphatic heterocycles. The van der Waals surface area contributed by atoms with Gasteiger partial charge in [0.2, 0.25) is 11.8 Å². The Bertz CT molecular complexity index is 3680. The highest BCUT2D eigenvalue weighted by Crippen LogP contribution is 2.53. The minimum absolute atomic E-state index is 0.0205. The number of aliphatic hydroxyl groups excluding tert-OH is 2. The van der Waals surface area contributed by atoms with Crippen LogP contribution in [-0.2, 0) is 20.9 Å². The van der Waals surface area contributed by atoms with Crippen LogP contribution in [0.5, 0.6) is 11.8 Å². The van der Waals surface area contributed by atoms with Crippen molar-refractivity contribution in [3.05, 3.63) is 101 Å². The highest BCUT2D eigenvalue weighted by molar-refractivity contribution is 7.16. The van der Waals surface area contributed by atoms with E-state index in [1.54, 1.807) is 31.9 Å². The number of H-pyrrole nitrogens is 1. The van der Waals surface area contributed by atoms with Crippen molar-refractivity contribution in [2.45, 2.75) is 108 Å². The number of nitrogens with one attached hydrogen (secondary N) is 3. The van der Waals surface area contributed by atoms with Gasteiger partial charge in [-0.15, -0.1) is 16.4 Å². The Morgan fingerprint density at radius 3 is 2.59 bits per heavy atom. The van der Waals surface area contributed by atoms with Crippen molar-refractivity contribution in [2.24, 2.45) is 5.92 Å². The number of β-amino-alcohol motifs (C(OH)–C–C–N with tert-alkyl or cyclic N) is 1. The van der Waals surface area contributed by atoms with Gasteiger partial charge in [0, 0.05) is 78.3 Å². The first-order chi connectivity index (χ1) is 38.3. The molecule has 4 fully saturated rings. The standard InChI is InChI=1S/C58H61FN12O7S/c1-30(2)53(57(75)70-24-40(73)18-48(70)56(74)63-37(26-72)14-8-33-9-15-45-49(16-33)79-29-61-45)71-25-47(67-68-71)36-10-6-34(7-11-36)28-77-54-51(50-32(4)44(59)20-46-43(50)22-62-66-46)41(35-12-13-35)19-42-52(54)64-58(78-27-31(3)76-5)65-55(42)69-23-38-17-39(69)21-60-38/h6-7,9-11,15-16,19-20,22,25,29-31,35,37-40,48,53,60,72-73H,12-13,17-18,21,23-24,26-28H2,1-5H3,(H,62,66)(H,63,74)/t31-,37+,38-,39-,40+,48-,53-/m0/s1. The number of likely N-dealkylation sites (tertiary alicyclic amines) is 1. The maximum absolute atomic E-state index is 16.1. The number of rotatable bonds is 17. The maximum Gasteiger partial charge on any atom is 0.319 e. The van der Waals surface area contributed by atoms with Gasteiger partial charge in [-0.05, 0) is 92.0 Å². The molecule has 2 bridgehead atoms. The summed E-state index contributed by atoms with van der Waals surface area (Å²) in [7, 11) is 1.63. The van der Waals surface area contributed by atoms with Gasteiger partial charge in [0.1, 0.15) is 54.2 Å². The minimum Gasteiger partial charge on any atom is -0.486 e. The fourth-order valence-electron chi connectivity index (χ4n) is 11.3. The van der Waals surface area contributed by atoms with Crippen molar-refractivity contribution in [2.75, 3.05) is 44.9 Å². The third-order valence-electron chi connectivity index (χ3n) is 15.7. The Labute approximate surface area is 458 Å². The number of aliphatic hydroxyl groups is 2. The van der Waals surface area contributed by atoms with Gasteiger partial charge in [0.25, 0.3) is 0 Å². The molecule has 7 atom stereocenters. The topological polar surface area (TPSA) is 231 Å². The fraction of sp³-hybridized carbons (Fsp3) is 0.414. The Kier molecular flexibility index (Phi) is 14.2. The van der Waals surface area contributed by atoms with Crippen LogP contribution < -0.4 is 25.0 Å². The number of anilines is 1. The smallest absolute Gasteiger partial charge is 0.319 e. The second-order valence-corrected chi connectivity index (χ2v) is 22.5. The largest absolute Gasteiger partial charge is 0.486 e. The molecule has 0 unspecified atom stereocenters. The number of methoxy groups -OCH3 is 1. The van der Waals surface area contributed by atoms with Gasteiger partial charge < -0.3 is 44.9 Å². The quantitative estimate of drug-likeness (QED) is 0.0605. The third kappa shape index (κ3) is 10.2. The van der Waals surface area contributed by atoms with E-state index in [-0.39, 0.29) is 62.0 Å². The fourth-order valence-corrected chi connectivity index (χ4v) is 12.0. The number of ether oxygens (including phenoxy) is 3. The molecule has 1 saturated carbocycles. The highest BCUT2D eigenvalue weighted by Gasteiger charge is 2.44. The zero-order chi connectivity index (χ0) is 54.6. The number of aromatic amines is 1. The molecule has 408 valence electrons. The van der Waals surface area contributed by atoms with Crippen molar-refractivity contribution in [1.29, 1.82) is 0 Å². The first-order valence-electron chi connectivity index (χ1n) is 26.9. The first-order valence-corrected chi connectivity index (χ1v) is 27.8. The van der Waals surface area contributed by atoms with Crippen molar-refractivity contribution in [3.8, 4) is 46.0 Å². The van der Waals surface area contributed by atoms with E-state index >= 15 is 4.39 Å². The van der Waals surface area contributed by atoms with Crippen LogP contribution in [0, 0.1) is 30.5 Å². The number of fused-ring (bicyclic) bond motifs is 5. The molecule has 4 aromatic carbocycles. The van der Waals surface area contributed by atoms with E-state index in [1.165, 1.54) is 27.0 Å². The highest BCUT2D eigenvalue weighted by atomic mass is 32.1. The van der Waals surface area contributed by atoms with Crippen molar-refractivity contribution in [1.82, 2.24) is 55.7 Å². The molecule has 7 heterocycles. The summed E-state index contributed by atoms with van der Waals surface area (Å²) in [4.78, 5) is 46.6. The normalized spacial score (nSPS) is 20.1.